The molecule has 2 rings (SSSR count). The Morgan fingerprint density at radius 3 is 2.30 bits per heavy atom. The molecule has 0 heterocycles. The van der Waals surface area contributed by atoms with Gasteiger partial charge in [-0.15, -0.1) is 0 Å². The first-order valence-corrected chi connectivity index (χ1v) is 8.42. The monoisotopic (exact) mass is 352 g/mol. The molecule has 0 aliphatic carbocycles. The van der Waals surface area contributed by atoms with E-state index in [4.69, 9.17) is 0 Å². The third-order valence-electron chi connectivity index (χ3n) is 2.94. The van der Waals surface area contributed by atoms with Crippen LogP contribution in [-0.2, 0) is 9.84 Å². The summed E-state index contributed by atoms with van der Waals surface area (Å²) >= 11 is 3.20. The Hall–Kier alpha value is -1.46. The van der Waals surface area contributed by atoms with Gasteiger partial charge in [0.15, 0.2) is 15.6 Å². The molecule has 0 saturated carbocycles. The zero-order chi connectivity index (χ0) is 14.8. The normalized spacial score (nSPS) is 11.3. The van der Waals surface area contributed by atoms with Crippen molar-refractivity contribution in [3.8, 4) is 0 Å². The quantitative estimate of drug-likeness (QED) is 0.792. The zero-order valence-electron chi connectivity index (χ0n) is 10.8. The van der Waals surface area contributed by atoms with Crippen molar-refractivity contribution < 1.29 is 13.2 Å². The third-order valence-corrected chi connectivity index (χ3v) is 5.56. The molecule has 0 aromatic heterocycles. The summed E-state index contributed by atoms with van der Waals surface area (Å²) < 4.78 is 25.1. The molecule has 5 heteroatoms. The number of halogens is 1. The van der Waals surface area contributed by atoms with Crippen LogP contribution in [-0.4, -0.2) is 20.0 Å². The summed E-state index contributed by atoms with van der Waals surface area (Å²) in [6, 6.07) is 13.5. The summed E-state index contributed by atoms with van der Waals surface area (Å²) in [5.74, 6) is -0.917. The lowest BCUT2D eigenvalue weighted by Gasteiger charge is -2.07. The zero-order valence-corrected chi connectivity index (χ0v) is 13.2. The van der Waals surface area contributed by atoms with E-state index in [9.17, 15) is 13.2 Å². The maximum absolute atomic E-state index is 12.3. The Labute approximate surface area is 126 Å². The van der Waals surface area contributed by atoms with Gasteiger partial charge in [0.05, 0.1) is 4.90 Å². The van der Waals surface area contributed by atoms with Crippen LogP contribution < -0.4 is 0 Å². The van der Waals surface area contributed by atoms with Crippen LogP contribution in [0, 0.1) is 6.92 Å². The minimum Gasteiger partial charge on any atom is -0.293 e. The molecule has 2 aromatic rings. The first kappa shape index (κ1) is 14.9. The van der Waals surface area contributed by atoms with Gasteiger partial charge in [0.1, 0.15) is 5.75 Å². The van der Waals surface area contributed by atoms with Gasteiger partial charge in [-0.25, -0.2) is 8.42 Å². The Morgan fingerprint density at radius 1 is 1.05 bits per heavy atom. The SMILES string of the molecule is Cc1ccccc1C(=O)CS(=O)(=O)c1ccccc1Br. The predicted molar refractivity (Wildman–Crippen MR) is 81.7 cm³/mol. The van der Waals surface area contributed by atoms with Crippen molar-refractivity contribution in [1.82, 2.24) is 0 Å². The first-order valence-electron chi connectivity index (χ1n) is 5.98. The van der Waals surface area contributed by atoms with E-state index in [-0.39, 0.29) is 10.7 Å². The third kappa shape index (κ3) is 3.16. The maximum atomic E-state index is 12.3. The molecule has 0 bridgehead atoms. The van der Waals surface area contributed by atoms with Crippen LogP contribution in [0.15, 0.2) is 57.9 Å². The lowest BCUT2D eigenvalue weighted by Crippen LogP contribution is -2.17. The smallest absolute Gasteiger partial charge is 0.186 e. The number of carbonyl (C=O) groups excluding carboxylic acids is 1. The van der Waals surface area contributed by atoms with Gasteiger partial charge in [-0.1, -0.05) is 36.4 Å². The number of benzene rings is 2. The van der Waals surface area contributed by atoms with E-state index in [2.05, 4.69) is 15.9 Å². The van der Waals surface area contributed by atoms with Crippen molar-refractivity contribution in [1.29, 1.82) is 0 Å². The van der Waals surface area contributed by atoms with Crippen molar-refractivity contribution in [2.24, 2.45) is 0 Å². The topological polar surface area (TPSA) is 51.2 Å². The summed E-state index contributed by atoms with van der Waals surface area (Å²) in [5, 5.41) is 0. The van der Waals surface area contributed by atoms with E-state index in [0.29, 0.717) is 10.0 Å². The molecule has 0 radical (unpaired) electrons. The van der Waals surface area contributed by atoms with Gasteiger partial charge in [0.2, 0.25) is 0 Å². The number of sulfone groups is 1. The standard InChI is InChI=1S/C15H13BrO3S/c1-11-6-2-3-7-12(11)14(17)10-20(18,19)15-9-5-4-8-13(15)16/h2-9H,10H2,1H3. The molecule has 0 fully saturated rings. The number of hydrogen-bond acceptors (Lipinski definition) is 3. The molecule has 0 atom stereocenters. The van der Waals surface area contributed by atoms with Gasteiger partial charge >= 0.3 is 0 Å². The van der Waals surface area contributed by atoms with Gasteiger partial charge in [-0.05, 0) is 40.5 Å². The van der Waals surface area contributed by atoms with E-state index in [1.165, 1.54) is 6.07 Å². The van der Waals surface area contributed by atoms with Crippen LogP contribution >= 0.6 is 15.9 Å². The van der Waals surface area contributed by atoms with Gasteiger partial charge in [-0.3, -0.25) is 4.79 Å². The van der Waals surface area contributed by atoms with Crippen LogP contribution in [0.1, 0.15) is 15.9 Å². The number of ketones is 1. The average Bonchev–Trinajstić information content (AvgIpc) is 2.38. The first-order chi connectivity index (χ1) is 9.42. The molecular formula is C15H13BrO3S. The molecule has 3 nitrogen and oxygen atoms in total. The molecule has 0 amide bonds. The van der Waals surface area contributed by atoms with E-state index >= 15 is 0 Å². The van der Waals surface area contributed by atoms with Crippen molar-refractivity contribution in [3.05, 3.63) is 64.1 Å². The largest absolute Gasteiger partial charge is 0.293 e. The summed E-state index contributed by atoms with van der Waals surface area (Å²) in [5.41, 5.74) is 1.22. The maximum Gasteiger partial charge on any atom is 0.186 e. The lowest BCUT2D eigenvalue weighted by atomic mass is 10.1. The van der Waals surface area contributed by atoms with Crippen LogP contribution in [0.25, 0.3) is 0 Å². The Balaban J connectivity index is 2.33. The summed E-state index contributed by atoms with van der Waals surface area (Å²) in [4.78, 5) is 12.3. The van der Waals surface area contributed by atoms with Gasteiger partial charge in [0.25, 0.3) is 0 Å². The molecule has 0 spiro atoms. The van der Waals surface area contributed by atoms with E-state index in [1.54, 1.807) is 43.3 Å². The van der Waals surface area contributed by atoms with Gasteiger partial charge in [-0.2, -0.15) is 0 Å². The number of aryl methyl sites for hydroxylation is 1. The molecule has 0 unspecified atom stereocenters. The molecule has 20 heavy (non-hydrogen) atoms. The fraction of sp³-hybridized carbons (Fsp3) is 0.133. The highest BCUT2D eigenvalue weighted by Crippen LogP contribution is 2.23. The van der Waals surface area contributed by atoms with Crippen LogP contribution in [0.5, 0.6) is 0 Å². The van der Waals surface area contributed by atoms with Crippen molar-refractivity contribution in [3.63, 3.8) is 0 Å². The molecule has 0 aliphatic heterocycles. The average molecular weight is 353 g/mol. The minimum absolute atomic E-state index is 0.141. The second kappa shape index (κ2) is 5.89. The molecule has 0 N–H and O–H groups in total. The van der Waals surface area contributed by atoms with Crippen LogP contribution in [0.3, 0.4) is 0 Å². The van der Waals surface area contributed by atoms with Gasteiger partial charge < -0.3 is 0 Å². The van der Waals surface area contributed by atoms with Crippen molar-refractivity contribution in [2.45, 2.75) is 11.8 Å². The minimum atomic E-state index is -3.65. The highest BCUT2D eigenvalue weighted by molar-refractivity contribution is 9.10. The summed E-state index contributed by atoms with van der Waals surface area (Å²) in [6.07, 6.45) is 0. The lowest BCUT2D eigenvalue weighted by molar-refractivity contribution is 0.102. The number of Topliss-reactive ketones (excluding diaryl/α,β-unsaturated/α-hetero) is 1. The second-order valence-electron chi connectivity index (χ2n) is 4.43. The number of carbonyl (C=O) groups is 1. The molecule has 0 aliphatic rings. The predicted octanol–water partition coefficient (Wildman–Crippen LogP) is 3.41. The molecule has 104 valence electrons. The Morgan fingerprint density at radius 2 is 1.65 bits per heavy atom. The molecule has 0 saturated heterocycles. The van der Waals surface area contributed by atoms with Crippen molar-refractivity contribution in [2.75, 3.05) is 5.75 Å². The Bertz CT molecular complexity index is 751. The van der Waals surface area contributed by atoms with Crippen LogP contribution in [0.2, 0.25) is 0 Å². The van der Waals surface area contributed by atoms with E-state index in [0.717, 1.165) is 5.56 Å². The fourth-order valence-corrected chi connectivity index (χ4v) is 4.24. The number of hydrogen-bond donors (Lipinski definition) is 0. The highest BCUT2D eigenvalue weighted by atomic mass is 79.9. The molecule has 2 aromatic carbocycles. The second-order valence-corrected chi connectivity index (χ2v) is 7.24. The van der Waals surface area contributed by atoms with Gasteiger partial charge in [0, 0.05) is 10.0 Å². The Kier molecular flexibility index (Phi) is 4.40. The van der Waals surface area contributed by atoms with E-state index < -0.39 is 15.6 Å². The fourth-order valence-electron chi connectivity index (χ4n) is 1.91. The highest BCUT2D eigenvalue weighted by Gasteiger charge is 2.23. The summed E-state index contributed by atoms with van der Waals surface area (Å²) in [7, 11) is -3.65. The van der Waals surface area contributed by atoms with Crippen molar-refractivity contribution >= 4 is 31.6 Å². The summed E-state index contributed by atoms with van der Waals surface area (Å²) in [6.45, 7) is 1.79. The number of rotatable bonds is 4. The molecular weight excluding hydrogens is 340 g/mol. The van der Waals surface area contributed by atoms with E-state index in [1.807, 2.05) is 6.07 Å². The van der Waals surface area contributed by atoms with Crippen LogP contribution in [0.4, 0.5) is 0 Å².